The van der Waals surface area contributed by atoms with Crippen molar-refractivity contribution in [1.29, 1.82) is 0 Å². The third-order valence-corrected chi connectivity index (χ3v) is 7.67. The van der Waals surface area contributed by atoms with Crippen LogP contribution in [-0.2, 0) is 24.2 Å². The fourth-order valence-electron chi connectivity index (χ4n) is 5.41. The predicted molar refractivity (Wildman–Crippen MR) is 176 cm³/mol. The molecule has 44 heavy (non-hydrogen) atoms. The van der Waals surface area contributed by atoms with Gasteiger partial charge in [0.1, 0.15) is 22.7 Å². The molecule has 0 saturated heterocycles. The molecule has 230 valence electrons. The average molecular weight is 593 g/mol. The molecule has 0 amide bonds. The van der Waals surface area contributed by atoms with Crippen LogP contribution >= 0.6 is 0 Å². The van der Waals surface area contributed by atoms with Crippen molar-refractivity contribution in [3.05, 3.63) is 102 Å². The molecule has 0 atom stereocenters. The first-order chi connectivity index (χ1) is 21.2. The molecule has 0 aliphatic rings. The van der Waals surface area contributed by atoms with Gasteiger partial charge in [-0.2, -0.15) is 0 Å². The number of imidazole rings is 2. The highest BCUT2D eigenvalue weighted by molar-refractivity contribution is 5.97. The van der Waals surface area contributed by atoms with Gasteiger partial charge in [0.15, 0.2) is 0 Å². The van der Waals surface area contributed by atoms with Crippen LogP contribution in [0.3, 0.4) is 0 Å². The largest absolute Gasteiger partial charge is 0.491 e. The fraction of sp³-hybridized carbons (Fsp3) is 0.378. The molecule has 0 saturated carbocycles. The molecule has 0 spiro atoms. The predicted octanol–water partition coefficient (Wildman–Crippen LogP) is 8.41. The van der Waals surface area contributed by atoms with Crippen molar-refractivity contribution < 1.29 is 14.3 Å². The van der Waals surface area contributed by atoms with E-state index in [0.717, 1.165) is 83.5 Å². The van der Waals surface area contributed by atoms with E-state index in [0.29, 0.717) is 18.7 Å². The molecule has 0 aliphatic heterocycles. The number of unbranched alkanes of at least 4 members (excludes halogenated alkanes) is 2. The Labute approximate surface area is 260 Å². The van der Waals surface area contributed by atoms with Crippen molar-refractivity contribution in [2.45, 2.75) is 85.4 Å². The molecule has 0 fully saturated rings. The van der Waals surface area contributed by atoms with Crippen LogP contribution in [0.1, 0.15) is 80.7 Å². The van der Waals surface area contributed by atoms with Gasteiger partial charge in [0, 0.05) is 31.9 Å². The molecule has 0 aliphatic carbocycles. The molecule has 0 radical (unpaired) electrons. The number of ether oxygens (including phenoxy) is 2. The van der Waals surface area contributed by atoms with Crippen LogP contribution in [-0.4, -0.2) is 37.3 Å². The lowest BCUT2D eigenvalue weighted by Crippen LogP contribution is -2.24. The average Bonchev–Trinajstić information content (AvgIpc) is 3.65. The molecule has 3 aromatic carbocycles. The van der Waals surface area contributed by atoms with E-state index >= 15 is 0 Å². The Morgan fingerprint density at radius 1 is 0.955 bits per heavy atom. The lowest BCUT2D eigenvalue weighted by Gasteiger charge is -2.20. The van der Waals surface area contributed by atoms with E-state index in [1.54, 1.807) is 0 Å². The van der Waals surface area contributed by atoms with E-state index in [9.17, 15) is 4.79 Å². The zero-order chi connectivity index (χ0) is 31.1. The van der Waals surface area contributed by atoms with Crippen molar-refractivity contribution in [3.8, 4) is 16.9 Å². The second kappa shape index (κ2) is 13.9. The van der Waals surface area contributed by atoms with Crippen molar-refractivity contribution in [2.75, 3.05) is 6.61 Å². The summed E-state index contributed by atoms with van der Waals surface area (Å²) in [6.07, 6.45) is 10.7. The highest BCUT2D eigenvalue weighted by Crippen LogP contribution is 2.32. The third kappa shape index (κ3) is 7.57. The molecular weight excluding hydrogens is 548 g/mol. The molecule has 5 rings (SSSR count). The molecular formula is C37H44N4O3. The molecule has 5 aromatic rings. The van der Waals surface area contributed by atoms with Crippen LogP contribution in [0.25, 0.3) is 22.2 Å². The summed E-state index contributed by atoms with van der Waals surface area (Å²) in [5, 5.41) is 0. The normalized spacial score (nSPS) is 11.7. The van der Waals surface area contributed by atoms with Gasteiger partial charge in [-0.25, -0.2) is 14.8 Å². The number of aryl methyl sites for hydroxylation is 3. The third-order valence-electron chi connectivity index (χ3n) is 7.67. The van der Waals surface area contributed by atoms with Crippen LogP contribution in [0.4, 0.5) is 0 Å². The van der Waals surface area contributed by atoms with E-state index in [2.05, 4.69) is 64.4 Å². The maximum atomic E-state index is 13.0. The summed E-state index contributed by atoms with van der Waals surface area (Å²) >= 11 is 0. The quantitative estimate of drug-likeness (QED) is 0.101. The Bertz CT molecular complexity index is 1680. The van der Waals surface area contributed by atoms with E-state index in [-0.39, 0.29) is 5.97 Å². The van der Waals surface area contributed by atoms with Crippen molar-refractivity contribution in [2.24, 2.45) is 0 Å². The monoisotopic (exact) mass is 592 g/mol. The van der Waals surface area contributed by atoms with Gasteiger partial charge >= 0.3 is 5.97 Å². The second-order valence-electron chi connectivity index (χ2n) is 12.4. The summed E-state index contributed by atoms with van der Waals surface area (Å²) in [5.41, 5.74) is 6.24. The van der Waals surface area contributed by atoms with Gasteiger partial charge in [-0.15, -0.1) is 0 Å². The lowest BCUT2D eigenvalue weighted by molar-refractivity contribution is 0.00704. The molecule has 0 unspecified atom stereocenters. The minimum atomic E-state index is -0.557. The molecule has 0 N–H and O–H groups in total. The van der Waals surface area contributed by atoms with E-state index in [1.165, 1.54) is 0 Å². The van der Waals surface area contributed by atoms with Gasteiger partial charge in [-0.3, -0.25) is 0 Å². The number of aromatic nitrogens is 4. The number of fused-ring (bicyclic) bond motifs is 1. The van der Waals surface area contributed by atoms with Gasteiger partial charge in [-0.1, -0.05) is 61.9 Å². The summed E-state index contributed by atoms with van der Waals surface area (Å²) in [5.74, 6) is 1.65. The first-order valence-corrected chi connectivity index (χ1v) is 15.7. The van der Waals surface area contributed by atoms with Crippen molar-refractivity contribution >= 4 is 17.0 Å². The topological polar surface area (TPSA) is 71.2 Å². The smallest absolute Gasteiger partial charge is 0.339 e. The number of rotatable bonds is 13. The van der Waals surface area contributed by atoms with E-state index in [1.807, 2.05) is 63.8 Å². The first kappa shape index (κ1) is 31.0. The highest BCUT2D eigenvalue weighted by atomic mass is 16.6. The van der Waals surface area contributed by atoms with E-state index < -0.39 is 5.60 Å². The molecule has 0 bridgehead atoms. The Hall–Kier alpha value is -4.39. The van der Waals surface area contributed by atoms with Crippen molar-refractivity contribution in [1.82, 2.24) is 19.1 Å². The first-order valence-electron chi connectivity index (χ1n) is 15.7. The van der Waals surface area contributed by atoms with Crippen LogP contribution in [0.5, 0.6) is 5.75 Å². The van der Waals surface area contributed by atoms with Gasteiger partial charge < -0.3 is 18.6 Å². The van der Waals surface area contributed by atoms with Crippen LogP contribution in [0.15, 0.2) is 79.4 Å². The van der Waals surface area contributed by atoms with Crippen LogP contribution in [0, 0.1) is 6.92 Å². The van der Waals surface area contributed by atoms with Crippen LogP contribution in [0.2, 0.25) is 0 Å². The van der Waals surface area contributed by atoms with Gasteiger partial charge in [0.2, 0.25) is 0 Å². The molecule has 7 heteroatoms. The Balaban J connectivity index is 1.39. The van der Waals surface area contributed by atoms with Gasteiger partial charge in [0.25, 0.3) is 0 Å². The SMILES string of the molecule is CCCCc1nc2c(C)ccc(OCCCCn3ccnc3)c2n1Cc1ccc(-c2ccccc2C(=O)OC(C)(C)C)cc1. The Morgan fingerprint density at radius 3 is 2.48 bits per heavy atom. The number of hydrogen-bond acceptors (Lipinski definition) is 5. The summed E-state index contributed by atoms with van der Waals surface area (Å²) in [4.78, 5) is 22.2. The van der Waals surface area contributed by atoms with Crippen molar-refractivity contribution in [3.63, 3.8) is 0 Å². The molecule has 7 nitrogen and oxygen atoms in total. The standard InChI is InChI=1S/C37H44N4O3/c1-6-7-14-33-39-34-27(2)15-20-32(43-24-11-10-22-40-23-21-38-26-40)35(34)41(33)25-28-16-18-29(19-17-28)30-12-8-9-13-31(30)36(42)44-37(3,4)5/h8-9,12-13,15-21,23,26H,6-7,10-11,14,22,24-25H2,1-5H3. The summed E-state index contributed by atoms with van der Waals surface area (Å²) < 4.78 is 16.5. The summed E-state index contributed by atoms with van der Waals surface area (Å²) in [7, 11) is 0. The fourth-order valence-corrected chi connectivity index (χ4v) is 5.41. The Morgan fingerprint density at radius 2 is 1.75 bits per heavy atom. The Kier molecular flexibility index (Phi) is 9.83. The van der Waals surface area contributed by atoms with Gasteiger partial charge in [-0.05, 0) is 81.3 Å². The maximum Gasteiger partial charge on any atom is 0.339 e. The highest BCUT2D eigenvalue weighted by Gasteiger charge is 2.21. The second-order valence-corrected chi connectivity index (χ2v) is 12.4. The number of carbonyl (C=O) groups is 1. The van der Waals surface area contributed by atoms with E-state index in [4.69, 9.17) is 14.5 Å². The molecule has 2 aromatic heterocycles. The lowest BCUT2D eigenvalue weighted by atomic mass is 9.98. The number of carbonyl (C=O) groups excluding carboxylic acids is 1. The number of benzene rings is 3. The number of nitrogens with zero attached hydrogens (tertiary/aromatic N) is 4. The molecule has 2 heterocycles. The minimum Gasteiger partial charge on any atom is -0.491 e. The summed E-state index contributed by atoms with van der Waals surface area (Å²) in [6, 6.07) is 20.3. The zero-order valence-electron chi connectivity index (χ0n) is 26.7. The number of hydrogen-bond donors (Lipinski definition) is 0. The zero-order valence-corrected chi connectivity index (χ0v) is 26.7. The summed E-state index contributed by atoms with van der Waals surface area (Å²) in [6.45, 7) is 12.3. The minimum absolute atomic E-state index is 0.313. The maximum absolute atomic E-state index is 13.0. The number of esters is 1. The van der Waals surface area contributed by atoms with Gasteiger partial charge in [0.05, 0.1) is 24.0 Å². The van der Waals surface area contributed by atoms with Crippen LogP contribution < -0.4 is 4.74 Å².